The molecule has 19 heavy (non-hydrogen) atoms. The van der Waals surface area contributed by atoms with Crippen LogP contribution in [0.4, 0.5) is 0 Å². The topological polar surface area (TPSA) is 40.6 Å². The van der Waals surface area contributed by atoms with Gasteiger partial charge in [-0.1, -0.05) is 0 Å². The van der Waals surface area contributed by atoms with Gasteiger partial charge in [-0.2, -0.15) is 0 Å². The van der Waals surface area contributed by atoms with Crippen LogP contribution in [-0.2, 0) is 20.7 Å². The van der Waals surface area contributed by atoms with Gasteiger partial charge in [-0.15, -0.1) is 0 Å². The Balaban J connectivity index is 2.37. The van der Waals surface area contributed by atoms with Crippen molar-refractivity contribution in [1.29, 1.82) is 0 Å². The molecule has 0 aliphatic carbocycles. The molecule has 0 unspecified atom stereocenters. The standard InChI is InChI=1S/C14H22BNO3/c1-10-7-16-8-12(11(10)9-17-6)15-18-13(2,3)14(4,5)19-15/h7-8H,9H2,1-6H3. The molecule has 1 aromatic heterocycles. The fourth-order valence-corrected chi connectivity index (χ4v) is 2.13. The van der Waals surface area contributed by atoms with Crippen molar-refractivity contribution in [3.63, 3.8) is 0 Å². The minimum atomic E-state index is -0.387. The number of hydrogen-bond acceptors (Lipinski definition) is 4. The lowest BCUT2D eigenvalue weighted by Crippen LogP contribution is -2.41. The summed E-state index contributed by atoms with van der Waals surface area (Å²) in [5.41, 5.74) is 2.46. The fourth-order valence-electron chi connectivity index (χ4n) is 2.13. The lowest BCUT2D eigenvalue weighted by molar-refractivity contribution is 0.00578. The SMILES string of the molecule is COCc1c(C)cncc1B1OC(C)(C)C(C)(C)O1. The third-order valence-electron chi connectivity index (χ3n) is 4.10. The first-order valence-corrected chi connectivity index (χ1v) is 6.56. The molecule has 0 spiro atoms. The van der Waals surface area contributed by atoms with E-state index in [2.05, 4.69) is 4.98 Å². The number of hydrogen-bond donors (Lipinski definition) is 0. The molecule has 5 heteroatoms. The highest BCUT2D eigenvalue weighted by Gasteiger charge is 2.52. The lowest BCUT2D eigenvalue weighted by Gasteiger charge is -2.32. The van der Waals surface area contributed by atoms with Gasteiger partial charge in [-0.3, -0.25) is 4.98 Å². The Kier molecular flexibility index (Phi) is 3.73. The Morgan fingerprint density at radius 3 is 2.26 bits per heavy atom. The Labute approximate surface area is 115 Å². The van der Waals surface area contributed by atoms with Gasteiger partial charge in [-0.25, -0.2) is 0 Å². The van der Waals surface area contributed by atoms with E-state index in [1.807, 2.05) is 47.0 Å². The Morgan fingerprint density at radius 1 is 1.16 bits per heavy atom. The first-order valence-electron chi connectivity index (χ1n) is 6.56. The molecular formula is C14H22BNO3. The maximum absolute atomic E-state index is 6.07. The summed E-state index contributed by atoms with van der Waals surface area (Å²) in [7, 11) is 1.30. The summed E-state index contributed by atoms with van der Waals surface area (Å²) in [6, 6.07) is 0. The number of aryl methyl sites for hydroxylation is 1. The second-order valence-electron chi connectivity index (χ2n) is 6.05. The normalized spacial score (nSPS) is 20.8. The first-order chi connectivity index (χ1) is 8.78. The largest absolute Gasteiger partial charge is 0.496 e. The Morgan fingerprint density at radius 2 is 1.74 bits per heavy atom. The van der Waals surface area contributed by atoms with Crippen LogP contribution in [0.2, 0.25) is 0 Å². The predicted molar refractivity (Wildman–Crippen MR) is 75.4 cm³/mol. The summed E-state index contributed by atoms with van der Waals surface area (Å²) in [6.45, 7) is 10.8. The van der Waals surface area contributed by atoms with Crippen LogP contribution in [0.25, 0.3) is 0 Å². The number of aromatic nitrogens is 1. The Bertz CT molecular complexity index is 458. The minimum absolute atomic E-state index is 0.342. The molecule has 1 fully saturated rings. The van der Waals surface area contributed by atoms with Gasteiger partial charge in [0.1, 0.15) is 0 Å². The van der Waals surface area contributed by atoms with Crippen LogP contribution in [0.5, 0.6) is 0 Å². The Hall–Kier alpha value is -0.905. The summed E-state index contributed by atoms with van der Waals surface area (Å²) in [5.74, 6) is 0. The maximum Gasteiger partial charge on any atom is 0.496 e. The van der Waals surface area contributed by atoms with Gasteiger partial charge >= 0.3 is 7.12 Å². The number of rotatable bonds is 3. The van der Waals surface area contributed by atoms with E-state index in [1.165, 1.54) is 0 Å². The number of pyridine rings is 1. The zero-order valence-corrected chi connectivity index (χ0v) is 12.6. The van der Waals surface area contributed by atoms with Crippen LogP contribution in [0, 0.1) is 6.92 Å². The molecule has 2 heterocycles. The van der Waals surface area contributed by atoms with Crippen molar-refractivity contribution in [2.45, 2.75) is 52.4 Å². The molecule has 0 saturated carbocycles. The average molecular weight is 263 g/mol. The van der Waals surface area contributed by atoms with E-state index in [1.54, 1.807) is 7.11 Å². The van der Waals surface area contributed by atoms with E-state index in [4.69, 9.17) is 14.0 Å². The second kappa shape index (κ2) is 4.89. The minimum Gasteiger partial charge on any atom is -0.399 e. The summed E-state index contributed by atoms with van der Waals surface area (Å²) < 4.78 is 17.4. The molecule has 0 aromatic carbocycles. The monoisotopic (exact) mass is 263 g/mol. The van der Waals surface area contributed by atoms with Gasteiger partial charge in [0.2, 0.25) is 0 Å². The van der Waals surface area contributed by atoms with Crippen molar-refractivity contribution in [3.05, 3.63) is 23.5 Å². The summed E-state index contributed by atoms with van der Waals surface area (Å²) in [5, 5.41) is 0. The molecule has 0 bridgehead atoms. The van der Waals surface area contributed by atoms with Gasteiger partial charge in [0, 0.05) is 25.0 Å². The maximum atomic E-state index is 6.07. The molecule has 1 aliphatic heterocycles. The third kappa shape index (κ3) is 2.55. The molecule has 2 rings (SSSR count). The summed E-state index contributed by atoms with van der Waals surface area (Å²) in [6.07, 6.45) is 3.65. The molecule has 0 radical (unpaired) electrons. The van der Waals surface area contributed by atoms with Gasteiger partial charge in [-0.05, 0) is 45.7 Å². The molecule has 0 N–H and O–H groups in total. The molecule has 104 valence electrons. The lowest BCUT2D eigenvalue weighted by atomic mass is 9.76. The van der Waals surface area contributed by atoms with Crippen molar-refractivity contribution in [2.75, 3.05) is 7.11 Å². The van der Waals surface area contributed by atoms with Crippen LogP contribution in [0.15, 0.2) is 12.4 Å². The van der Waals surface area contributed by atoms with Crippen molar-refractivity contribution in [1.82, 2.24) is 4.98 Å². The van der Waals surface area contributed by atoms with E-state index >= 15 is 0 Å². The third-order valence-corrected chi connectivity index (χ3v) is 4.10. The van der Waals surface area contributed by atoms with Gasteiger partial charge in [0.25, 0.3) is 0 Å². The number of nitrogens with zero attached hydrogens (tertiary/aromatic N) is 1. The number of methoxy groups -OCH3 is 1. The molecule has 4 nitrogen and oxygen atoms in total. The van der Waals surface area contributed by atoms with Gasteiger partial charge in [0.15, 0.2) is 0 Å². The zero-order valence-electron chi connectivity index (χ0n) is 12.6. The van der Waals surface area contributed by atoms with Crippen molar-refractivity contribution in [2.24, 2.45) is 0 Å². The molecular weight excluding hydrogens is 241 g/mol. The zero-order chi connectivity index (χ0) is 14.3. The molecule has 0 atom stereocenters. The van der Waals surface area contributed by atoms with E-state index in [-0.39, 0.29) is 18.3 Å². The van der Waals surface area contributed by atoms with Crippen LogP contribution >= 0.6 is 0 Å². The molecule has 1 saturated heterocycles. The highest BCUT2D eigenvalue weighted by molar-refractivity contribution is 6.62. The van der Waals surface area contributed by atoms with Crippen molar-refractivity contribution < 1.29 is 14.0 Å². The quantitative estimate of drug-likeness (QED) is 0.780. The fraction of sp³-hybridized carbons (Fsp3) is 0.643. The highest BCUT2D eigenvalue weighted by Crippen LogP contribution is 2.36. The van der Waals surface area contributed by atoms with Crippen molar-refractivity contribution >= 4 is 12.6 Å². The van der Waals surface area contributed by atoms with Gasteiger partial charge < -0.3 is 14.0 Å². The van der Waals surface area contributed by atoms with E-state index in [9.17, 15) is 0 Å². The van der Waals surface area contributed by atoms with Crippen LogP contribution in [0.3, 0.4) is 0 Å². The predicted octanol–water partition coefficient (Wildman–Crippen LogP) is 1.84. The molecule has 0 amide bonds. The van der Waals surface area contributed by atoms with Gasteiger partial charge in [0.05, 0.1) is 17.8 Å². The van der Waals surface area contributed by atoms with E-state index < -0.39 is 0 Å². The smallest absolute Gasteiger partial charge is 0.399 e. The van der Waals surface area contributed by atoms with Crippen LogP contribution in [0.1, 0.15) is 38.8 Å². The first kappa shape index (κ1) is 14.5. The molecule has 1 aliphatic rings. The van der Waals surface area contributed by atoms with E-state index in [0.29, 0.717) is 6.61 Å². The number of ether oxygens (including phenoxy) is 1. The molecule has 1 aromatic rings. The van der Waals surface area contributed by atoms with Crippen LogP contribution in [-0.4, -0.2) is 30.4 Å². The second-order valence-corrected chi connectivity index (χ2v) is 6.05. The summed E-state index contributed by atoms with van der Waals surface area (Å²) >= 11 is 0. The van der Waals surface area contributed by atoms with Crippen molar-refractivity contribution in [3.8, 4) is 0 Å². The highest BCUT2D eigenvalue weighted by atomic mass is 16.7. The average Bonchev–Trinajstić information content (AvgIpc) is 2.51. The summed E-state index contributed by atoms with van der Waals surface area (Å²) in [4.78, 5) is 4.25. The van der Waals surface area contributed by atoms with Crippen LogP contribution < -0.4 is 5.46 Å². The van der Waals surface area contributed by atoms with E-state index in [0.717, 1.165) is 16.6 Å².